The van der Waals surface area contributed by atoms with Crippen LogP contribution >= 0.6 is 0 Å². The predicted octanol–water partition coefficient (Wildman–Crippen LogP) is 0.289. The molecule has 3 N–H and O–H groups in total. The number of aromatic nitrogens is 2. The number of H-pyrrole nitrogens is 1. The molecule has 1 aromatic heterocycles. The Balaban J connectivity index is 3.11. The minimum Gasteiger partial charge on any atom is -0.380 e. The Morgan fingerprint density at radius 3 is 2.57 bits per heavy atom. The molecule has 0 saturated heterocycles. The molecule has 0 aromatic carbocycles. The summed E-state index contributed by atoms with van der Waals surface area (Å²) in [6.45, 7) is 6.67. The predicted molar refractivity (Wildman–Crippen MR) is 77.5 cm³/mol. The lowest BCUT2D eigenvalue weighted by Gasteiger charge is -2.16. The van der Waals surface area contributed by atoms with Gasteiger partial charge in [0.1, 0.15) is 4.90 Å². The highest BCUT2D eigenvalue weighted by atomic mass is 32.2. The summed E-state index contributed by atoms with van der Waals surface area (Å²) in [5.74, 6) is -0.664. The maximum Gasteiger partial charge on any atom is 0.275 e. The van der Waals surface area contributed by atoms with Crippen LogP contribution in [0.25, 0.3) is 0 Å². The molecule has 0 fully saturated rings. The molecule has 0 spiro atoms. The fraction of sp³-hybridized carbons (Fsp3) is 0.667. The van der Waals surface area contributed by atoms with Gasteiger partial charge in [0.2, 0.25) is 10.0 Å². The normalized spacial score (nSPS) is 11.9. The number of hydrogen-bond donors (Lipinski definition) is 2. The zero-order valence-electron chi connectivity index (χ0n) is 12.7. The molecule has 0 atom stereocenters. The molecule has 0 saturated carbocycles. The zero-order valence-corrected chi connectivity index (χ0v) is 13.5. The summed E-state index contributed by atoms with van der Waals surface area (Å²) in [5, 5.41) is 11.6. The van der Waals surface area contributed by atoms with Crippen molar-refractivity contribution in [3.8, 4) is 0 Å². The molecule has 120 valence electrons. The van der Waals surface area contributed by atoms with Crippen molar-refractivity contribution in [2.75, 3.05) is 26.8 Å². The number of hydrogen-bond acceptors (Lipinski definition) is 5. The highest BCUT2D eigenvalue weighted by molar-refractivity contribution is 7.89. The molecular weight excluding hydrogens is 296 g/mol. The molecule has 1 rings (SSSR count). The third-order valence-electron chi connectivity index (χ3n) is 2.93. The minimum atomic E-state index is -4.04. The Bertz CT molecular complexity index is 594. The summed E-state index contributed by atoms with van der Waals surface area (Å²) < 4.78 is 28.7. The van der Waals surface area contributed by atoms with E-state index in [-0.39, 0.29) is 16.5 Å². The zero-order chi connectivity index (χ0) is 16.2. The standard InChI is InChI=1S/C12H22N4O4S/c1-5-20-7-6-16(4)12(17)10-11(21(13,18)19)9(8(2)3)14-15-10/h8H,5-7H2,1-4H3,(H,14,15)(H2,13,18,19). The lowest BCUT2D eigenvalue weighted by molar-refractivity contribution is 0.0701. The second-order valence-corrected chi connectivity index (χ2v) is 6.44. The van der Waals surface area contributed by atoms with E-state index in [2.05, 4.69) is 10.2 Å². The molecule has 1 heterocycles. The number of nitrogens with two attached hydrogens (primary N) is 1. The summed E-state index contributed by atoms with van der Waals surface area (Å²) in [6, 6.07) is 0. The van der Waals surface area contributed by atoms with Crippen molar-refractivity contribution >= 4 is 15.9 Å². The summed E-state index contributed by atoms with van der Waals surface area (Å²) >= 11 is 0. The van der Waals surface area contributed by atoms with Gasteiger partial charge in [0.25, 0.3) is 5.91 Å². The Morgan fingerprint density at radius 2 is 2.10 bits per heavy atom. The number of primary sulfonamides is 1. The molecule has 0 aliphatic carbocycles. The van der Waals surface area contributed by atoms with Crippen LogP contribution in [-0.4, -0.2) is 56.2 Å². The monoisotopic (exact) mass is 318 g/mol. The molecule has 9 heteroatoms. The molecule has 21 heavy (non-hydrogen) atoms. The van der Waals surface area contributed by atoms with E-state index in [0.29, 0.717) is 25.5 Å². The van der Waals surface area contributed by atoms with E-state index >= 15 is 0 Å². The number of amides is 1. The molecule has 0 unspecified atom stereocenters. The van der Waals surface area contributed by atoms with Gasteiger partial charge < -0.3 is 9.64 Å². The van der Waals surface area contributed by atoms with Crippen LogP contribution in [0.15, 0.2) is 4.90 Å². The first-order valence-corrected chi connectivity index (χ1v) is 8.19. The molecule has 1 amide bonds. The number of carbonyl (C=O) groups is 1. The van der Waals surface area contributed by atoms with Gasteiger partial charge in [0.15, 0.2) is 5.69 Å². The van der Waals surface area contributed by atoms with Gasteiger partial charge in [-0.25, -0.2) is 13.6 Å². The Kier molecular flexibility index (Phi) is 5.87. The second-order valence-electron chi connectivity index (χ2n) is 4.94. The quantitative estimate of drug-likeness (QED) is 0.700. The van der Waals surface area contributed by atoms with E-state index in [1.54, 1.807) is 20.9 Å². The van der Waals surface area contributed by atoms with Crippen LogP contribution in [0, 0.1) is 0 Å². The van der Waals surface area contributed by atoms with Gasteiger partial charge in [-0.3, -0.25) is 9.89 Å². The van der Waals surface area contributed by atoms with Crippen molar-refractivity contribution < 1.29 is 17.9 Å². The van der Waals surface area contributed by atoms with Crippen LogP contribution in [0.2, 0.25) is 0 Å². The summed E-state index contributed by atoms with van der Waals surface area (Å²) in [7, 11) is -2.49. The highest BCUT2D eigenvalue weighted by Crippen LogP contribution is 2.24. The number of nitrogens with one attached hydrogen (secondary N) is 1. The SMILES string of the molecule is CCOCCN(C)C(=O)c1n[nH]c(C(C)C)c1S(N)(=O)=O. The molecule has 0 aliphatic heterocycles. The first kappa shape index (κ1) is 17.6. The van der Waals surface area contributed by atoms with Gasteiger partial charge in [0, 0.05) is 20.2 Å². The number of ether oxygens (including phenoxy) is 1. The molecule has 0 radical (unpaired) electrons. The van der Waals surface area contributed by atoms with E-state index in [4.69, 9.17) is 9.88 Å². The fourth-order valence-corrected chi connectivity index (χ4v) is 2.79. The van der Waals surface area contributed by atoms with Crippen LogP contribution in [0.5, 0.6) is 0 Å². The molecule has 1 aromatic rings. The first-order chi connectivity index (χ1) is 9.70. The van der Waals surface area contributed by atoms with Gasteiger partial charge in [-0.2, -0.15) is 5.10 Å². The van der Waals surface area contributed by atoms with E-state index < -0.39 is 15.9 Å². The van der Waals surface area contributed by atoms with Crippen molar-refractivity contribution in [1.29, 1.82) is 0 Å². The van der Waals surface area contributed by atoms with Crippen molar-refractivity contribution in [2.45, 2.75) is 31.6 Å². The lowest BCUT2D eigenvalue weighted by atomic mass is 10.1. The Labute approximate surface area is 124 Å². The van der Waals surface area contributed by atoms with Crippen molar-refractivity contribution in [3.05, 3.63) is 11.4 Å². The van der Waals surface area contributed by atoms with Gasteiger partial charge in [0.05, 0.1) is 12.3 Å². The van der Waals surface area contributed by atoms with Gasteiger partial charge >= 0.3 is 0 Å². The van der Waals surface area contributed by atoms with Crippen LogP contribution in [0.1, 0.15) is 42.9 Å². The summed E-state index contributed by atoms with van der Waals surface area (Å²) in [5.41, 5.74) is 0.152. The van der Waals surface area contributed by atoms with E-state index in [1.165, 1.54) is 4.90 Å². The lowest BCUT2D eigenvalue weighted by Crippen LogP contribution is -2.32. The first-order valence-electron chi connectivity index (χ1n) is 6.64. The third-order valence-corrected chi connectivity index (χ3v) is 3.92. The molecule has 0 bridgehead atoms. The van der Waals surface area contributed by atoms with E-state index in [1.807, 2.05) is 6.92 Å². The number of likely N-dealkylation sites (N-methyl/N-ethyl adjacent to an activating group) is 1. The molecule has 0 aliphatic rings. The Hall–Kier alpha value is -1.45. The van der Waals surface area contributed by atoms with Crippen molar-refractivity contribution in [3.63, 3.8) is 0 Å². The van der Waals surface area contributed by atoms with Gasteiger partial charge in [-0.15, -0.1) is 0 Å². The van der Waals surface area contributed by atoms with Crippen molar-refractivity contribution in [1.82, 2.24) is 15.1 Å². The van der Waals surface area contributed by atoms with Crippen LogP contribution in [-0.2, 0) is 14.8 Å². The van der Waals surface area contributed by atoms with E-state index in [0.717, 1.165) is 0 Å². The topological polar surface area (TPSA) is 118 Å². The van der Waals surface area contributed by atoms with Crippen LogP contribution in [0.4, 0.5) is 0 Å². The molecular formula is C12H22N4O4S. The smallest absolute Gasteiger partial charge is 0.275 e. The fourth-order valence-electron chi connectivity index (χ4n) is 1.80. The summed E-state index contributed by atoms with van der Waals surface area (Å²) in [6.07, 6.45) is 0. The van der Waals surface area contributed by atoms with Gasteiger partial charge in [-0.1, -0.05) is 13.8 Å². The number of rotatable bonds is 7. The maximum atomic E-state index is 12.3. The van der Waals surface area contributed by atoms with Crippen LogP contribution in [0.3, 0.4) is 0 Å². The number of sulfonamides is 1. The summed E-state index contributed by atoms with van der Waals surface area (Å²) in [4.78, 5) is 13.4. The molecule has 8 nitrogen and oxygen atoms in total. The van der Waals surface area contributed by atoms with Crippen molar-refractivity contribution in [2.24, 2.45) is 5.14 Å². The minimum absolute atomic E-state index is 0.152. The highest BCUT2D eigenvalue weighted by Gasteiger charge is 2.30. The van der Waals surface area contributed by atoms with Crippen LogP contribution < -0.4 is 5.14 Å². The maximum absolute atomic E-state index is 12.3. The number of carbonyl (C=O) groups excluding carboxylic acids is 1. The second kappa shape index (κ2) is 7.01. The number of aromatic amines is 1. The number of nitrogens with zero attached hydrogens (tertiary/aromatic N) is 2. The van der Waals surface area contributed by atoms with E-state index in [9.17, 15) is 13.2 Å². The van der Waals surface area contributed by atoms with Gasteiger partial charge in [-0.05, 0) is 12.8 Å². The average molecular weight is 318 g/mol. The third kappa shape index (κ3) is 4.26. The average Bonchev–Trinajstić information content (AvgIpc) is 2.82. The Morgan fingerprint density at radius 1 is 1.48 bits per heavy atom. The largest absolute Gasteiger partial charge is 0.380 e.